The van der Waals surface area contributed by atoms with E-state index >= 15 is 0 Å². The molecule has 1 aliphatic rings. The van der Waals surface area contributed by atoms with E-state index in [-0.39, 0.29) is 0 Å². The molecule has 118 valence electrons. The molecule has 0 amide bonds. The Morgan fingerprint density at radius 1 is 1.10 bits per heavy atom. The van der Waals surface area contributed by atoms with Crippen LogP contribution in [0.5, 0.6) is 0 Å². The fraction of sp³-hybridized carbons (Fsp3) is 0.684. The summed E-state index contributed by atoms with van der Waals surface area (Å²) in [7, 11) is 6.64. The van der Waals surface area contributed by atoms with E-state index in [9.17, 15) is 0 Å². The molecule has 1 aromatic carbocycles. The molecule has 0 spiro atoms. The number of nitrogens with zero attached hydrogens (tertiary/aromatic N) is 1. The molecule has 1 aliphatic carbocycles. The second kappa shape index (κ2) is 6.50. The van der Waals surface area contributed by atoms with Gasteiger partial charge in [-0.05, 0) is 77.9 Å². The van der Waals surface area contributed by atoms with Crippen molar-refractivity contribution in [3.05, 3.63) is 34.4 Å². The monoisotopic (exact) mass is 288 g/mol. The third-order valence-electron chi connectivity index (χ3n) is 5.61. The van der Waals surface area contributed by atoms with Crippen LogP contribution in [-0.4, -0.2) is 37.6 Å². The zero-order valence-corrected chi connectivity index (χ0v) is 14.7. The third kappa shape index (κ3) is 3.17. The lowest BCUT2D eigenvalue weighted by atomic mass is 9.81. The zero-order chi connectivity index (χ0) is 15.6. The Morgan fingerprint density at radius 3 is 2.05 bits per heavy atom. The Hall–Kier alpha value is -0.860. The van der Waals surface area contributed by atoms with Crippen LogP contribution < -0.4 is 5.32 Å². The zero-order valence-electron chi connectivity index (χ0n) is 14.7. The lowest BCUT2D eigenvalue weighted by molar-refractivity contribution is 0.108. The molecule has 2 rings (SSSR count). The first-order valence-corrected chi connectivity index (χ1v) is 8.32. The summed E-state index contributed by atoms with van der Waals surface area (Å²) >= 11 is 0. The van der Waals surface area contributed by atoms with Gasteiger partial charge in [-0.1, -0.05) is 30.5 Å². The molecule has 1 aromatic rings. The standard InChI is InChI=1S/C19H32N2/c1-14-11-15(2)17(16(3)12-14)13-18(20-4)19(21(5)6)9-7-8-10-19/h11-12,18,20H,7-10,13H2,1-6H3. The van der Waals surface area contributed by atoms with E-state index in [1.807, 2.05) is 0 Å². The van der Waals surface area contributed by atoms with Crippen LogP contribution in [0.1, 0.15) is 47.9 Å². The van der Waals surface area contributed by atoms with Crippen molar-refractivity contribution in [3.8, 4) is 0 Å². The number of likely N-dealkylation sites (N-methyl/N-ethyl adjacent to an activating group) is 2. The van der Waals surface area contributed by atoms with Crippen molar-refractivity contribution in [2.24, 2.45) is 0 Å². The van der Waals surface area contributed by atoms with Gasteiger partial charge in [-0.2, -0.15) is 0 Å². The van der Waals surface area contributed by atoms with Gasteiger partial charge in [-0.25, -0.2) is 0 Å². The van der Waals surface area contributed by atoms with Crippen molar-refractivity contribution in [1.29, 1.82) is 0 Å². The van der Waals surface area contributed by atoms with Crippen LogP contribution in [0.25, 0.3) is 0 Å². The fourth-order valence-corrected chi connectivity index (χ4v) is 4.39. The van der Waals surface area contributed by atoms with E-state index in [2.05, 4.69) is 64.3 Å². The van der Waals surface area contributed by atoms with E-state index < -0.39 is 0 Å². The maximum atomic E-state index is 3.64. The first-order chi connectivity index (χ1) is 9.90. The van der Waals surface area contributed by atoms with Gasteiger partial charge in [-0.3, -0.25) is 0 Å². The molecule has 2 nitrogen and oxygen atoms in total. The van der Waals surface area contributed by atoms with Gasteiger partial charge in [-0.15, -0.1) is 0 Å². The Labute approximate surface area is 130 Å². The summed E-state index contributed by atoms with van der Waals surface area (Å²) in [6.45, 7) is 6.72. The van der Waals surface area contributed by atoms with E-state index in [1.165, 1.54) is 47.9 Å². The molecule has 1 N–H and O–H groups in total. The smallest absolute Gasteiger partial charge is 0.0359 e. The Morgan fingerprint density at radius 2 is 1.62 bits per heavy atom. The van der Waals surface area contributed by atoms with Crippen LogP contribution >= 0.6 is 0 Å². The molecule has 0 aliphatic heterocycles. The molecule has 21 heavy (non-hydrogen) atoms. The van der Waals surface area contributed by atoms with Gasteiger partial charge < -0.3 is 10.2 Å². The van der Waals surface area contributed by atoms with E-state index in [0.29, 0.717) is 11.6 Å². The van der Waals surface area contributed by atoms with Crippen molar-refractivity contribution < 1.29 is 0 Å². The van der Waals surface area contributed by atoms with Crippen LogP contribution in [0.2, 0.25) is 0 Å². The summed E-state index contributed by atoms with van der Waals surface area (Å²) < 4.78 is 0. The number of benzene rings is 1. The fourth-order valence-electron chi connectivity index (χ4n) is 4.39. The first kappa shape index (κ1) is 16.5. The molecule has 0 aromatic heterocycles. The van der Waals surface area contributed by atoms with Crippen LogP contribution in [0.15, 0.2) is 12.1 Å². The highest BCUT2D eigenvalue weighted by molar-refractivity contribution is 5.38. The highest BCUT2D eigenvalue weighted by atomic mass is 15.2. The molecule has 0 bridgehead atoms. The van der Waals surface area contributed by atoms with Crippen LogP contribution in [0.3, 0.4) is 0 Å². The van der Waals surface area contributed by atoms with Crippen molar-refractivity contribution in [1.82, 2.24) is 10.2 Å². The summed E-state index contributed by atoms with van der Waals surface area (Å²) in [6, 6.07) is 5.17. The van der Waals surface area contributed by atoms with Crippen molar-refractivity contribution >= 4 is 0 Å². The molecular formula is C19H32N2. The second-order valence-corrected chi connectivity index (χ2v) is 7.13. The number of aryl methyl sites for hydroxylation is 3. The van der Waals surface area contributed by atoms with Crippen molar-refractivity contribution in [3.63, 3.8) is 0 Å². The Kier molecular flexibility index (Phi) is 5.11. The molecule has 0 radical (unpaired) electrons. The summed E-state index contributed by atoms with van der Waals surface area (Å²) in [6.07, 6.45) is 6.49. The average molecular weight is 288 g/mol. The molecule has 0 heterocycles. The SMILES string of the molecule is CNC(Cc1c(C)cc(C)cc1C)C1(N(C)C)CCCC1. The highest BCUT2D eigenvalue weighted by Gasteiger charge is 2.42. The van der Waals surface area contributed by atoms with Gasteiger partial charge in [0.25, 0.3) is 0 Å². The third-order valence-corrected chi connectivity index (χ3v) is 5.61. The molecule has 1 atom stereocenters. The molecule has 2 heteroatoms. The minimum Gasteiger partial charge on any atom is -0.315 e. The number of hydrogen-bond acceptors (Lipinski definition) is 2. The largest absolute Gasteiger partial charge is 0.315 e. The maximum Gasteiger partial charge on any atom is 0.0359 e. The molecule has 1 saturated carbocycles. The van der Waals surface area contributed by atoms with Crippen LogP contribution in [0, 0.1) is 20.8 Å². The lowest BCUT2D eigenvalue weighted by Crippen LogP contribution is -2.57. The molecule has 1 fully saturated rings. The predicted molar refractivity (Wildman–Crippen MR) is 92.1 cm³/mol. The Balaban J connectivity index is 2.31. The Bertz CT molecular complexity index is 461. The topological polar surface area (TPSA) is 15.3 Å². The molecule has 1 unspecified atom stereocenters. The van der Waals surface area contributed by atoms with E-state index in [4.69, 9.17) is 0 Å². The summed E-state index contributed by atoms with van der Waals surface area (Å²) in [4.78, 5) is 2.47. The first-order valence-electron chi connectivity index (χ1n) is 8.32. The maximum absolute atomic E-state index is 3.64. The lowest BCUT2D eigenvalue weighted by Gasteiger charge is -2.43. The average Bonchev–Trinajstić information content (AvgIpc) is 2.88. The second-order valence-electron chi connectivity index (χ2n) is 7.13. The highest BCUT2D eigenvalue weighted by Crippen LogP contribution is 2.38. The quantitative estimate of drug-likeness (QED) is 0.890. The minimum atomic E-state index is 0.318. The van der Waals surface area contributed by atoms with Crippen LogP contribution in [-0.2, 0) is 6.42 Å². The molecule has 0 saturated heterocycles. The number of hydrogen-bond donors (Lipinski definition) is 1. The normalized spacial score (nSPS) is 19.2. The minimum absolute atomic E-state index is 0.318. The van der Waals surface area contributed by atoms with Gasteiger partial charge >= 0.3 is 0 Å². The summed E-state index contributed by atoms with van der Waals surface area (Å²) in [5, 5.41) is 3.64. The van der Waals surface area contributed by atoms with E-state index in [0.717, 1.165) is 6.42 Å². The van der Waals surface area contributed by atoms with Gasteiger partial charge in [0.2, 0.25) is 0 Å². The number of nitrogens with one attached hydrogen (secondary N) is 1. The van der Waals surface area contributed by atoms with Gasteiger partial charge in [0.1, 0.15) is 0 Å². The summed E-state index contributed by atoms with van der Waals surface area (Å²) in [5.41, 5.74) is 6.11. The number of rotatable bonds is 5. The van der Waals surface area contributed by atoms with E-state index in [1.54, 1.807) is 0 Å². The van der Waals surface area contributed by atoms with Crippen molar-refractivity contribution in [2.75, 3.05) is 21.1 Å². The van der Waals surface area contributed by atoms with Crippen molar-refractivity contribution in [2.45, 2.75) is 64.5 Å². The van der Waals surface area contributed by atoms with Gasteiger partial charge in [0, 0.05) is 11.6 Å². The predicted octanol–water partition coefficient (Wildman–Crippen LogP) is 3.62. The van der Waals surface area contributed by atoms with Gasteiger partial charge in [0.15, 0.2) is 0 Å². The molecular weight excluding hydrogens is 256 g/mol. The summed E-state index contributed by atoms with van der Waals surface area (Å²) in [5.74, 6) is 0. The van der Waals surface area contributed by atoms with Gasteiger partial charge in [0.05, 0.1) is 0 Å². The van der Waals surface area contributed by atoms with Crippen LogP contribution in [0.4, 0.5) is 0 Å².